The van der Waals surface area contributed by atoms with E-state index in [4.69, 9.17) is 4.74 Å². The summed E-state index contributed by atoms with van der Waals surface area (Å²) in [5, 5.41) is 2.88. The average molecular weight is 423 g/mol. The van der Waals surface area contributed by atoms with Crippen molar-refractivity contribution in [2.75, 3.05) is 16.2 Å². The third-order valence-electron chi connectivity index (χ3n) is 5.01. The zero-order valence-electron chi connectivity index (χ0n) is 16.7. The predicted molar refractivity (Wildman–Crippen MR) is 116 cm³/mol. The van der Waals surface area contributed by atoms with Crippen LogP contribution < -0.4 is 14.4 Å². The minimum atomic E-state index is -3.86. The Bertz CT molecular complexity index is 1190. The normalized spacial score (nSPS) is 15.8. The van der Waals surface area contributed by atoms with Gasteiger partial charge in [0, 0.05) is 5.69 Å². The van der Waals surface area contributed by atoms with Crippen molar-refractivity contribution < 1.29 is 17.9 Å². The number of ether oxygens (including phenoxy) is 1. The van der Waals surface area contributed by atoms with Crippen molar-refractivity contribution in [2.45, 2.75) is 24.8 Å². The van der Waals surface area contributed by atoms with Gasteiger partial charge in [-0.05, 0) is 55.3 Å². The number of para-hydroxylation sites is 2. The van der Waals surface area contributed by atoms with Crippen LogP contribution in [-0.2, 0) is 14.8 Å². The van der Waals surface area contributed by atoms with Gasteiger partial charge < -0.3 is 10.1 Å². The van der Waals surface area contributed by atoms with Crippen molar-refractivity contribution in [2.24, 2.45) is 0 Å². The van der Waals surface area contributed by atoms with Crippen LogP contribution in [0.2, 0.25) is 0 Å². The molecule has 0 radical (unpaired) electrons. The highest BCUT2D eigenvalue weighted by atomic mass is 32.2. The van der Waals surface area contributed by atoms with Crippen molar-refractivity contribution in [1.82, 2.24) is 0 Å². The molecule has 30 heavy (non-hydrogen) atoms. The van der Waals surface area contributed by atoms with E-state index in [-0.39, 0.29) is 11.4 Å². The molecular weight excluding hydrogens is 400 g/mol. The molecule has 1 heterocycles. The summed E-state index contributed by atoms with van der Waals surface area (Å²) < 4.78 is 33.8. The van der Waals surface area contributed by atoms with E-state index >= 15 is 0 Å². The maximum Gasteiger partial charge on any atom is 0.267 e. The number of amides is 1. The van der Waals surface area contributed by atoms with E-state index in [2.05, 4.69) is 5.32 Å². The summed E-state index contributed by atoms with van der Waals surface area (Å²) in [4.78, 5) is 13.2. The average Bonchev–Trinajstić information content (AvgIpc) is 2.76. The number of rotatable bonds is 4. The van der Waals surface area contributed by atoms with Crippen molar-refractivity contribution in [1.29, 1.82) is 0 Å². The second-order valence-corrected chi connectivity index (χ2v) is 9.09. The number of hydrogen-bond donors (Lipinski definition) is 1. The van der Waals surface area contributed by atoms with Crippen LogP contribution in [0.1, 0.15) is 11.1 Å². The lowest BCUT2D eigenvalue weighted by atomic mass is 10.1. The molecule has 0 aliphatic carbocycles. The lowest BCUT2D eigenvalue weighted by Gasteiger charge is -2.34. The molecule has 154 valence electrons. The van der Waals surface area contributed by atoms with E-state index in [0.29, 0.717) is 17.1 Å². The number of sulfonamides is 1. The second-order valence-electron chi connectivity index (χ2n) is 7.23. The lowest BCUT2D eigenvalue weighted by Crippen LogP contribution is -2.48. The van der Waals surface area contributed by atoms with E-state index in [1.54, 1.807) is 54.6 Å². The van der Waals surface area contributed by atoms with Crippen LogP contribution in [0.3, 0.4) is 0 Å². The Morgan fingerprint density at radius 2 is 1.70 bits per heavy atom. The predicted octanol–water partition coefficient (Wildman–Crippen LogP) is 3.90. The first-order valence-electron chi connectivity index (χ1n) is 9.58. The van der Waals surface area contributed by atoms with Gasteiger partial charge in [0.15, 0.2) is 6.10 Å². The number of nitrogens with one attached hydrogen (secondary N) is 1. The molecule has 1 aliphatic heterocycles. The third kappa shape index (κ3) is 3.76. The number of nitrogens with zero attached hydrogens (tertiary/aromatic N) is 1. The largest absolute Gasteiger partial charge is 0.476 e. The highest BCUT2D eigenvalue weighted by Crippen LogP contribution is 2.37. The Kier molecular flexibility index (Phi) is 5.22. The number of carbonyl (C=O) groups excluding carboxylic acids is 1. The Labute approximate surface area is 176 Å². The van der Waals surface area contributed by atoms with Gasteiger partial charge in [0.05, 0.1) is 17.1 Å². The molecule has 1 amide bonds. The molecule has 0 aromatic heterocycles. The van der Waals surface area contributed by atoms with E-state index < -0.39 is 22.0 Å². The highest BCUT2D eigenvalue weighted by molar-refractivity contribution is 7.92. The smallest absolute Gasteiger partial charge is 0.267 e. The summed E-state index contributed by atoms with van der Waals surface area (Å²) in [5.74, 6) is -0.0455. The molecule has 7 heteroatoms. The second kappa shape index (κ2) is 7.84. The zero-order valence-corrected chi connectivity index (χ0v) is 17.5. The van der Waals surface area contributed by atoms with E-state index in [9.17, 15) is 13.2 Å². The van der Waals surface area contributed by atoms with Crippen LogP contribution in [0.4, 0.5) is 11.4 Å². The minimum Gasteiger partial charge on any atom is -0.476 e. The summed E-state index contributed by atoms with van der Waals surface area (Å²) in [6.07, 6.45) is -0.988. The van der Waals surface area contributed by atoms with E-state index in [0.717, 1.165) is 11.1 Å². The first-order valence-corrected chi connectivity index (χ1v) is 11.0. The SMILES string of the molecule is Cc1ccc(C)c(NC(=O)[C@H]2CN(S(=O)(=O)c3ccccc3)c3ccccc3O2)c1. The highest BCUT2D eigenvalue weighted by Gasteiger charge is 2.37. The number of fused-ring (bicyclic) bond motifs is 1. The fourth-order valence-electron chi connectivity index (χ4n) is 3.37. The van der Waals surface area contributed by atoms with Gasteiger partial charge in [-0.15, -0.1) is 0 Å². The van der Waals surface area contributed by atoms with Gasteiger partial charge in [-0.1, -0.05) is 42.5 Å². The lowest BCUT2D eigenvalue weighted by molar-refractivity contribution is -0.122. The minimum absolute atomic E-state index is 0.120. The fraction of sp³-hybridized carbons (Fsp3) is 0.174. The molecule has 0 saturated carbocycles. The van der Waals surface area contributed by atoms with Gasteiger partial charge in [-0.2, -0.15) is 0 Å². The van der Waals surface area contributed by atoms with Gasteiger partial charge in [-0.25, -0.2) is 8.42 Å². The quantitative estimate of drug-likeness (QED) is 0.692. The van der Waals surface area contributed by atoms with Crippen LogP contribution in [-0.4, -0.2) is 27.0 Å². The maximum atomic E-state index is 13.3. The number of aryl methyl sites for hydroxylation is 2. The molecule has 6 nitrogen and oxygen atoms in total. The molecule has 1 N–H and O–H groups in total. The van der Waals surface area contributed by atoms with Crippen LogP contribution >= 0.6 is 0 Å². The molecule has 1 atom stereocenters. The molecule has 1 aliphatic rings. The molecular formula is C23H22N2O4S. The topological polar surface area (TPSA) is 75.7 Å². The zero-order chi connectivity index (χ0) is 21.3. The molecule has 4 rings (SSSR count). The van der Waals surface area contributed by atoms with Crippen LogP contribution in [0.15, 0.2) is 77.7 Å². The standard InChI is InChI=1S/C23H22N2O4S/c1-16-12-13-17(2)19(14-16)24-23(26)22-15-25(20-10-6-7-11-21(20)29-22)30(27,28)18-8-4-3-5-9-18/h3-14,22H,15H2,1-2H3,(H,24,26)/t22-/m1/s1. The molecule has 0 spiro atoms. The maximum absolute atomic E-state index is 13.3. The van der Waals surface area contributed by atoms with Crippen LogP contribution in [0.25, 0.3) is 0 Å². The monoisotopic (exact) mass is 422 g/mol. The molecule has 0 fully saturated rings. The van der Waals surface area contributed by atoms with Crippen LogP contribution in [0.5, 0.6) is 5.75 Å². The molecule has 0 saturated heterocycles. The summed E-state index contributed by atoms with van der Waals surface area (Å²) in [6.45, 7) is 3.72. The van der Waals surface area contributed by atoms with Gasteiger partial charge in [0.25, 0.3) is 15.9 Å². The molecule has 3 aromatic rings. The first kappa shape index (κ1) is 20.0. The van der Waals surface area contributed by atoms with Gasteiger partial charge in [0.1, 0.15) is 5.75 Å². The third-order valence-corrected chi connectivity index (χ3v) is 6.80. The van der Waals surface area contributed by atoms with Crippen molar-refractivity contribution in [3.63, 3.8) is 0 Å². The number of anilines is 2. The van der Waals surface area contributed by atoms with Crippen molar-refractivity contribution >= 4 is 27.3 Å². The van der Waals surface area contributed by atoms with Crippen LogP contribution in [0, 0.1) is 13.8 Å². The van der Waals surface area contributed by atoms with Gasteiger partial charge in [-0.3, -0.25) is 9.10 Å². The Morgan fingerprint density at radius 3 is 2.47 bits per heavy atom. The van der Waals surface area contributed by atoms with E-state index in [1.807, 2.05) is 32.0 Å². The Hall–Kier alpha value is -3.32. The summed E-state index contributed by atoms with van der Waals surface area (Å²) >= 11 is 0. The Balaban J connectivity index is 1.68. The Morgan fingerprint density at radius 1 is 1.00 bits per heavy atom. The van der Waals surface area contributed by atoms with Gasteiger partial charge in [0.2, 0.25) is 0 Å². The summed E-state index contributed by atoms with van der Waals surface area (Å²) in [7, 11) is -3.86. The summed E-state index contributed by atoms with van der Waals surface area (Å²) in [6, 6.07) is 20.8. The molecule has 0 bridgehead atoms. The molecule has 3 aromatic carbocycles. The van der Waals surface area contributed by atoms with Crippen molar-refractivity contribution in [3.8, 4) is 5.75 Å². The number of carbonyl (C=O) groups is 1. The van der Waals surface area contributed by atoms with E-state index in [1.165, 1.54) is 4.31 Å². The first-order chi connectivity index (χ1) is 14.4. The van der Waals surface area contributed by atoms with Crippen molar-refractivity contribution in [3.05, 3.63) is 83.9 Å². The number of benzene rings is 3. The van der Waals surface area contributed by atoms with Gasteiger partial charge >= 0.3 is 0 Å². The number of hydrogen-bond acceptors (Lipinski definition) is 4. The fourth-order valence-corrected chi connectivity index (χ4v) is 4.87. The summed E-state index contributed by atoms with van der Waals surface area (Å²) in [5.41, 5.74) is 3.02. The molecule has 0 unspecified atom stereocenters.